The molecule has 0 bridgehead atoms. The average Bonchev–Trinajstić information content (AvgIpc) is 2.30. The van der Waals surface area contributed by atoms with Gasteiger partial charge in [-0.15, -0.1) is 0 Å². The van der Waals surface area contributed by atoms with Crippen LogP contribution in [0.5, 0.6) is 0 Å². The number of nitrogens with one attached hydrogen (secondary N) is 1. The van der Waals surface area contributed by atoms with E-state index in [1.807, 2.05) is 24.3 Å². The zero-order valence-corrected chi connectivity index (χ0v) is 10.2. The molecule has 82 valence electrons. The van der Waals surface area contributed by atoms with Crippen molar-refractivity contribution in [3.05, 3.63) is 52.8 Å². The molecule has 2 aromatic rings. The number of hydrogen-bond donors (Lipinski definition) is 1. The second kappa shape index (κ2) is 5.67. The Morgan fingerprint density at radius 1 is 1.12 bits per heavy atom. The fourth-order valence-electron chi connectivity index (χ4n) is 1.29. The van der Waals surface area contributed by atoms with E-state index in [1.165, 1.54) is 0 Å². The molecule has 0 unspecified atom stereocenters. The Bertz CT molecular complexity index is 447. The van der Waals surface area contributed by atoms with Crippen molar-refractivity contribution in [2.24, 2.45) is 0 Å². The van der Waals surface area contributed by atoms with Gasteiger partial charge in [0.2, 0.25) is 0 Å². The van der Waals surface area contributed by atoms with Gasteiger partial charge in [-0.2, -0.15) is 0 Å². The van der Waals surface area contributed by atoms with Gasteiger partial charge in [0.15, 0.2) is 0 Å². The van der Waals surface area contributed by atoms with Crippen LogP contribution >= 0.6 is 15.9 Å². The van der Waals surface area contributed by atoms with Crippen LogP contribution in [0.4, 0.5) is 0 Å². The Labute approximate surface area is 102 Å². The van der Waals surface area contributed by atoms with Gasteiger partial charge in [-0.25, -0.2) is 15.0 Å². The van der Waals surface area contributed by atoms with Crippen LogP contribution in [0.15, 0.2) is 41.4 Å². The van der Waals surface area contributed by atoms with Crippen molar-refractivity contribution < 1.29 is 0 Å². The summed E-state index contributed by atoms with van der Waals surface area (Å²) in [5.41, 5.74) is 1.98. The van der Waals surface area contributed by atoms with Crippen LogP contribution in [-0.2, 0) is 13.1 Å². The van der Waals surface area contributed by atoms with Crippen LogP contribution in [0, 0.1) is 0 Å². The van der Waals surface area contributed by atoms with E-state index in [9.17, 15) is 0 Å². The fourth-order valence-corrected chi connectivity index (χ4v) is 1.67. The maximum atomic E-state index is 4.33. The van der Waals surface area contributed by atoms with E-state index in [2.05, 4.69) is 36.2 Å². The van der Waals surface area contributed by atoms with Crippen molar-refractivity contribution in [3.63, 3.8) is 0 Å². The normalized spacial score (nSPS) is 10.3. The predicted molar refractivity (Wildman–Crippen MR) is 64.5 cm³/mol. The average molecular weight is 279 g/mol. The van der Waals surface area contributed by atoms with Crippen LogP contribution in [0.3, 0.4) is 0 Å². The molecular formula is C11H11BrN4. The van der Waals surface area contributed by atoms with Gasteiger partial charge in [0, 0.05) is 19.3 Å². The van der Waals surface area contributed by atoms with Gasteiger partial charge in [0.25, 0.3) is 0 Å². The van der Waals surface area contributed by atoms with E-state index in [-0.39, 0.29) is 0 Å². The molecule has 0 aliphatic heterocycles. The summed E-state index contributed by atoms with van der Waals surface area (Å²) in [7, 11) is 0. The first-order valence-electron chi connectivity index (χ1n) is 4.91. The number of hydrogen-bond acceptors (Lipinski definition) is 4. The molecule has 1 N–H and O–H groups in total. The van der Waals surface area contributed by atoms with Gasteiger partial charge in [-0.05, 0) is 34.1 Å². The summed E-state index contributed by atoms with van der Waals surface area (Å²) in [5, 5.41) is 3.27. The topological polar surface area (TPSA) is 50.7 Å². The van der Waals surface area contributed by atoms with Crippen molar-refractivity contribution in [1.29, 1.82) is 0 Å². The van der Waals surface area contributed by atoms with E-state index in [0.717, 1.165) is 29.1 Å². The predicted octanol–water partition coefficient (Wildman–Crippen LogP) is 1.92. The molecule has 0 radical (unpaired) electrons. The van der Waals surface area contributed by atoms with Crippen LogP contribution in [0.2, 0.25) is 0 Å². The van der Waals surface area contributed by atoms with Crippen molar-refractivity contribution >= 4 is 15.9 Å². The zero-order valence-electron chi connectivity index (χ0n) is 8.60. The van der Waals surface area contributed by atoms with Gasteiger partial charge < -0.3 is 5.32 Å². The monoisotopic (exact) mass is 278 g/mol. The van der Waals surface area contributed by atoms with Gasteiger partial charge in [0.1, 0.15) is 10.9 Å². The molecule has 0 atom stereocenters. The molecule has 16 heavy (non-hydrogen) atoms. The second-order valence-electron chi connectivity index (χ2n) is 3.26. The second-order valence-corrected chi connectivity index (χ2v) is 4.07. The van der Waals surface area contributed by atoms with Gasteiger partial charge in [0.05, 0.1) is 11.4 Å². The SMILES string of the molecule is Brc1cccc(CNCc2ccncn2)n1. The van der Waals surface area contributed by atoms with E-state index >= 15 is 0 Å². The quantitative estimate of drug-likeness (QED) is 0.869. The van der Waals surface area contributed by atoms with E-state index in [1.54, 1.807) is 12.5 Å². The smallest absolute Gasteiger partial charge is 0.115 e. The van der Waals surface area contributed by atoms with Gasteiger partial charge in [-0.3, -0.25) is 0 Å². The molecule has 0 aromatic carbocycles. The number of aromatic nitrogens is 3. The minimum Gasteiger partial charge on any atom is -0.306 e. The summed E-state index contributed by atoms with van der Waals surface area (Å²) >= 11 is 3.34. The third-order valence-corrected chi connectivity index (χ3v) is 2.47. The molecule has 0 amide bonds. The van der Waals surface area contributed by atoms with Gasteiger partial charge in [-0.1, -0.05) is 6.07 Å². The zero-order chi connectivity index (χ0) is 11.2. The maximum Gasteiger partial charge on any atom is 0.115 e. The molecular weight excluding hydrogens is 268 g/mol. The van der Waals surface area contributed by atoms with Crippen molar-refractivity contribution in [2.75, 3.05) is 0 Å². The van der Waals surface area contributed by atoms with E-state index in [4.69, 9.17) is 0 Å². The molecule has 4 nitrogen and oxygen atoms in total. The van der Waals surface area contributed by atoms with Crippen LogP contribution in [-0.4, -0.2) is 15.0 Å². The summed E-state index contributed by atoms with van der Waals surface area (Å²) in [4.78, 5) is 12.3. The minimum atomic E-state index is 0.719. The molecule has 0 fully saturated rings. The summed E-state index contributed by atoms with van der Waals surface area (Å²) in [6.07, 6.45) is 3.29. The summed E-state index contributed by atoms with van der Waals surface area (Å²) < 4.78 is 0.855. The fraction of sp³-hybridized carbons (Fsp3) is 0.182. The lowest BCUT2D eigenvalue weighted by atomic mass is 10.3. The summed E-state index contributed by atoms with van der Waals surface area (Å²) in [5.74, 6) is 0. The minimum absolute atomic E-state index is 0.719. The Balaban J connectivity index is 1.85. The summed E-state index contributed by atoms with van der Waals surface area (Å²) in [6.45, 7) is 1.44. The Kier molecular flexibility index (Phi) is 3.96. The third kappa shape index (κ3) is 3.36. The number of nitrogens with zero attached hydrogens (tertiary/aromatic N) is 3. The highest BCUT2D eigenvalue weighted by atomic mass is 79.9. The van der Waals surface area contributed by atoms with E-state index < -0.39 is 0 Å². The van der Waals surface area contributed by atoms with Crippen LogP contribution in [0.1, 0.15) is 11.4 Å². The molecule has 0 aliphatic rings. The highest BCUT2D eigenvalue weighted by Gasteiger charge is 1.96. The highest BCUT2D eigenvalue weighted by molar-refractivity contribution is 9.10. The first-order chi connectivity index (χ1) is 7.84. The maximum absolute atomic E-state index is 4.33. The molecule has 0 saturated heterocycles. The van der Waals surface area contributed by atoms with Crippen LogP contribution < -0.4 is 5.32 Å². The largest absolute Gasteiger partial charge is 0.306 e. The Morgan fingerprint density at radius 2 is 2.00 bits per heavy atom. The molecule has 2 rings (SSSR count). The van der Waals surface area contributed by atoms with Crippen LogP contribution in [0.25, 0.3) is 0 Å². The standard InChI is InChI=1S/C11H11BrN4/c12-11-3-1-2-10(16-11)7-14-6-9-4-5-13-8-15-9/h1-5,8,14H,6-7H2. The Hall–Kier alpha value is -1.33. The molecule has 0 spiro atoms. The van der Waals surface area contributed by atoms with Crippen molar-refractivity contribution in [2.45, 2.75) is 13.1 Å². The van der Waals surface area contributed by atoms with Crippen molar-refractivity contribution in [1.82, 2.24) is 20.3 Å². The molecule has 0 saturated carbocycles. The van der Waals surface area contributed by atoms with E-state index in [0.29, 0.717) is 0 Å². The lowest BCUT2D eigenvalue weighted by Gasteiger charge is -2.03. The number of rotatable bonds is 4. The molecule has 2 heterocycles. The highest BCUT2D eigenvalue weighted by Crippen LogP contribution is 2.05. The first kappa shape index (κ1) is 11.2. The lowest BCUT2D eigenvalue weighted by Crippen LogP contribution is -2.14. The number of pyridine rings is 1. The first-order valence-corrected chi connectivity index (χ1v) is 5.71. The number of halogens is 1. The Morgan fingerprint density at radius 3 is 2.75 bits per heavy atom. The van der Waals surface area contributed by atoms with Crippen molar-refractivity contribution in [3.8, 4) is 0 Å². The lowest BCUT2D eigenvalue weighted by molar-refractivity contribution is 0.665. The van der Waals surface area contributed by atoms with Gasteiger partial charge >= 0.3 is 0 Å². The third-order valence-electron chi connectivity index (χ3n) is 2.03. The molecule has 0 aliphatic carbocycles. The summed E-state index contributed by atoms with van der Waals surface area (Å²) in [6, 6.07) is 7.76. The molecule has 5 heteroatoms. The molecule has 2 aromatic heterocycles.